The lowest BCUT2D eigenvalue weighted by atomic mass is 10.2. The average molecular weight is 288 g/mol. The van der Waals surface area contributed by atoms with Crippen molar-refractivity contribution in [3.8, 4) is 0 Å². The zero-order valence-electron chi connectivity index (χ0n) is 9.02. The highest BCUT2D eigenvalue weighted by atomic mass is 79.9. The van der Waals surface area contributed by atoms with Crippen molar-refractivity contribution in [2.24, 2.45) is 5.73 Å². The predicted octanol–water partition coefficient (Wildman–Crippen LogP) is 2.14. The van der Waals surface area contributed by atoms with E-state index in [1.165, 1.54) is 6.07 Å². The minimum atomic E-state index is -0.374. The number of rotatable bonds is 5. The molecule has 0 atom stereocenters. The highest BCUT2D eigenvalue weighted by Gasteiger charge is 2.16. The maximum atomic E-state index is 10.9. The number of benzene rings is 1. The van der Waals surface area contributed by atoms with Gasteiger partial charge in [-0.2, -0.15) is 0 Å². The fourth-order valence-electron chi connectivity index (χ4n) is 1.41. The highest BCUT2D eigenvalue weighted by molar-refractivity contribution is 9.10. The summed E-state index contributed by atoms with van der Waals surface area (Å²) < 4.78 is 0.827. The molecule has 0 aliphatic rings. The van der Waals surface area contributed by atoms with Gasteiger partial charge in [-0.05, 0) is 25.1 Å². The van der Waals surface area contributed by atoms with Crippen molar-refractivity contribution in [1.82, 2.24) is 0 Å². The summed E-state index contributed by atoms with van der Waals surface area (Å²) in [6.07, 6.45) is 0.806. The van der Waals surface area contributed by atoms with Crippen LogP contribution >= 0.6 is 15.9 Å². The molecule has 0 aliphatic carbocycles. The molecule has 0 unspecified atom stereocenters. The van der Waals surface area contributed by atoms with Crippen molar-refractivity contribution < 1.29 is 4.92 Å². The first-order chi connectivity index (χ1) is 7.56. The molecule has 6 heteroatoms. The van der Waals surface area contributed by atoms with Crippen LogP contribution in [0.1, 0.15) is 6.42 Å². The Bertz CT molecular complexity index is 384. The van der Waals surface area contributed by atoms with E-state index in [1.807, 2.05) is 11.9 Å². The largest absolute Gasteiger partial charge is 0.369 e. The normalized spacial score (nSPS) is 10.2. The fraction of sp³-hybridized carbons (Fsp3) is 0.400. The van der Waals surface area contributed by atoms with Crippen molar-refractivity contribution in [1.29, 1.82) is 0 Å². The van der Waals surface area contributed by atoms with E-state index >= 15 is 0 Å². The number of hydrogen-bond donors (Lipinski definition) is 1. The second-order valence-corrected chi connectivity index (χ2v) is 4.37. The van der Waals surface area contributed by atoms with Gasteiger partial charge in [-0.3, -0.25) is 10.1 Å². The van der Waals surface area contributed by atoms with Crippen LogP contribution in [0.5, 0.6) is 0 Å². The first-order valence-electron chi connectivity index (χ1n) is 4.91. The van der Waals surface area contributed by atoms with Crippen LogP contribution in [0.15, 0.2) is 22.7 Å². The Kier molecular flexibility index (Phi) is 4.70. The van der Waals surface area contributed by atoms with Crippen molar-refractivity contribution in [3.05, 3.63) is 32.8 Å². The van der Waals surface area contributed by atoms with E-state index in [0.29, 0.717) is 18.8 Å². The molecular weight excluding hydrogens is 274 g/mol. The van der Waals surface area contributed by atoms with Crippen LogP contribution in [0.25, 0.3) is 0 Å². The Morgan fingerprint density at radius 3 is 2.81 bits per heavy atom. The number of nitro groups is 1. The van der Waals surface area contributed by atoms with Gasteiger partial charge in [0.1, 0.15) is 5.69 Å². The minimum absolute atomic E-state index is 0.114. The molecule has 2 N–H and O–H groups in total. The molecule has 0 fully saturated rings. The molecule has 0 saturated carbocycles. The standard InChI is InChI=1S/C10H14BrN3O2/c1-13(6-2-5-12)10-7-8(11)3-4-9(10)14(15)16/h3-4,7H,2,5-6,12H2,1H3. The summed E-state index contributed by atoms with van der Waals surface area (Å²) in [6.45, 7) is 1.28. The lowest BCUT2D eigenvalue weighted by Gasteiger charge is -2.18. The second-order valence-electron chi connectivity index (χ2n) is 3.45. The number of halogens is 1. The summed E-state index contributed by atoms with van der Waals surface area (Å²) >= 11 is 3.31. The van der Waals surface area contributed by atoms with Gasteiger partial charge in [0.05, 0.1) is 4.92 Å². The third kappa shape index (κ3) is 3.18. The van der Waals surface area contributed by atoms with E-state index in [1.54, 1.807) is 12.1 Å². The molecule has 0 aromatic heterocycles. The molecule has 1 aromatic carbocycles. The van der Waals surface area contributed by atoms with E-state index in [0.717, 1.165) is 10.9 Å². The summed E-state index contributed by atoms with van der Waals surface area (Å²) in [6, 6.07) is 4.91. The van der Waals surface area contributed by atoms with Gasteiger partial charge < -0.3 is 10.6 Å². The zero-order valence-corrected chi connectivity index (χ0v) is 10.6. The van der Waals surface area contributed by atoms with Gasteiger partial charge in [0.2, 0.25) is 0 Å². The maximum Gasteiger partial charge on any atom is 0.292 e. The van der Waals surface area contributed by atoms with Crippen LogP contribution in [-0.2, 0) is 0 Å². The molecule has 0 heterocycles. The molecular formula is C10H14BrN3O2. The lowest BCUT2D eigenvalue weighted by Crippen LogP contribution is -2.21. The molecule has 0 radical (unpaired) electrons. The molecule has 1 aromatic rings. The Morgan fingerprint density at radius 2 is 2.25 bits per heavy atom. The van der Waals surface area contributed by atoms with Crippen LogP contribution in [0.4, 0.5) is 11.4 Å². The van der Waals surface area contributed by atoms with Gasteiger partial charge in [0.25, 0.3) is 5.69 Å². The summed E-state index contributed by atoms with van der Waals surface area (Å²) in [4.78, 5) is 12.3. The smallest absolute Gasteiger partial charge is 0.292 e. The molecule has 0 spiro atoms. The third-order valence-corrected chi connectivity index (χ3v) is 2.74. The van der Waals surface area contributed by atoms with E-state index in [2.05, 4.69) is 15.9 Å². The van der Waals surface area contributed by atoms with Crippen LogP contribution in [0, 0.1) is 10.1 Å². The molecule has 88 valence electrons. The Balaban J connectivity index is 2.99. The first-order valence-corrected chi connectivity index (χ1v) is 5.70. The van der Waals surface area contributed by atoms with Gasteiger partial charge in [-0.15, -0.1) is 0 Å². The molecule has 0 aliphatic heterocycles. The molecule has 0 bridgehead atoms. The summed E-state index contributed by atoms with van der Waals surface area (Å²) in [5.74, 6) is 0. The van der Waals surface area contributed by atoms with E-state index in [4.69, 9.17) is 5.73 Å². The number of hydrogen-bond acceptors (Lipinski definition) is 4. The summed E-state index contributed by atoms with van der Waals surface area (Å²) in [7, 11) is 1.82. The number of nitrogens with zero attached hydrogens (tertiary/aromatic N) is 2. The Hall–Kier alpha value is -1.14. The third-order valence-electron chi connectivity index (χ3n) is 2.24. The average Bonchev–Trinajstić information content (AvgIpc) is 2.25. The van der Waals surface area contributed by atoms with E-state index in [9.17, 15) is 10.1 Å². The van der Waals surface area contributed by atoms with E-state index in [-0.39, 0.29) is 10.6 Å². The van der Waals surface area contributed by atoms with Crippen LogP contribution in [0.2, 0.25) is 0 Å². The summed E-state index contributed by atoms with van der Waals surface area (Å²) in [5.41, 5.74) is 6.13. The lowest BCUT2D eigenvalue weighted by molar-refractivity contribution is -0.384. The predicted molar refractivity (Wildman–Crippen MR) is 67.7 cm³/mol. The number of nitrogens with two attached hydrogens (primary N) is 1. The Morgan fingerprint density at radius 1 is 1.56 bits per heavy atom. The van der Waals surface area contributed by atoms with Gasteiger partial charge in [-0.25, -0.2) is 0 Å². The quantitative estimate of drug-likeness (QED) is 0.665. The van der Waals surface area contributed by atoms with Crippen LogP contribution < -0.4 is 10.6 Å². The number of nitro benzene ring substituents is 1. The monoisotopic (exact) mass is 287 g/mol. The second kappa shape index (κ2) is 5.81. The summed E-state index contributed by atoms with van der Waals surface area (Å²) in [5, 5.41) is 10.9. The van der Waals surface area contributed by atoms with Gasteiger partial charge >= 0.3 is 0 Å². The molecule has 1 rings (SSSR count). The van der Waals surface area contributed by atoms with Crippen molar-refractivity contribution in [2.45, 2.75) is 6.42 Å². The topological polar surface area (TPSA) is 72.4 Å². The SMILES string of the molecule is CN(CCCN)c1cc(Br)ccc1[N+](=O)[O-]. The molecule has 5 nitrogen and oxygen atoms in total. The fourth-order valence-corrected chi connectivity index (χ4v) is 1.75. The van der Waals surface area contributed by atoms with Crippen molar-refractivity contribution in [2.75, 3.05) is 25.0 Å². The minimum Gasteiger partial charge on any atom is -0.369 e. The first kappa shape index (κ1) is 12.9. The maximum absolute atomic E-state index is 10.9. The molecule has 0 saturated heterocycles. The molecule has 0 amide bonds. The van der Waals surface area contributed by atoms with Crippen molar-refractivity contribution in [3.63, 3.8) is 0 Å². The van der Waals surface area contributed by atoms with Crippen LogP contribution in [0.3, 0.4) is 0 Å². The van der Waals surface area contributed by atoms with Gasteiger partial charge in [0, 0.05) is 24.1 Å². The van der Waals surface area contributed by atoms with E-state index < -0.39 is 0 Å². The van der Waals surface area contributed by atoms with Gasteiger partial charge in [-0.1, -0.05) is 15.9 Å². The highest BCUT2D eigenvalue weighted by Crippen LogP contribution is 2.30. The van der Waals surface area contributed by atoms with Crippen LogP contribution in [-0.4, -0.2) is 25.1 Å². The van der Waals surface area contributed by atoms with Crippen molar-refractivity contribution >= 4 is 27.3 Å². The Labute approximate surface area is 103 Å². The zero-order chi connectivity index (χ0) is 12.1. The molecule has 16 heavy (non-hydrogen) atoms. The number of anilines is 1. The van der Waals surface area contributed by atoms with Gasteiger partial charge in [0.15, 0.2) is 0 Å².